The second-order valence-corrected chi connectivity index (χ2v) is 6.26. The van der Waals surface area contributed by atoms with Gasteiger partial charge >= 0.3 is 0 Å². The summed E-state index contributed by atoms with van der Waals surface area (Å²) in [6.07, 6.45) is 4.32. The lowest BCUT2D eigenvalue weighted by Crippen LogP contribution is -2.38. The Balaban J connectivity index is 1.60. The quantitative estimate of drug-likeness (QED) is 0.848. The van der Waals surface area contributed by atoms with Crippen molar-refractivity contribution in [3.8, 4) is 0 Å². The minimum atomic E-state index is 0.0400. The smallest absolute Gasteiger partial charge is 0.251 e. The number of benzene rings is 1. The van der Waals surface area contributed by atoms with Gasteiger partial charge in [0.05, 0.1) is 12.2 Å². The van der Waals surface area contributed by atoms with Crippen molar-refractivity contribution in [2.24, 2.45) is 5.41 Å². The molecule has 19 heavy (non-hydrogen) atoms. The Bertz CT molecular complexity index is 499. The molecule has 0 spiro atoms. The van der Waals surface area contributed by atoms with Crippen molar-refractivity contribution in [3.63, 3.8) is 0 Å². The van der Waals surface area contributed by atoms with Crippen LogP contribution in [-0.2, 0) is 4.74 Å². The van der Waals surface area contributed by atoms with Crippen LogP contribution < -0.4 is 5.32 Å². The lowest BCUT2D eigenvalue weighted by Gasteiger charge is -2.31. The van der Waals surface area contributed by atoms with Crippen molar-refractivity contribution < 1.29 is 9.53 Å². The number of carbonyl (C=O) groups is 1. The molecule has 3 nitrogen and oxygen atoms in total. The molecule has 1 saturated carbocycles. The van der Waals surface area contributed by atoms with Crippen molar-refractivity contribution in [1.82, 2.24) is 5.32 Å². The molecule has 1 heterocycles. The first-order valence-electron chi connectivity index (χ1n) is 7.07. The molecule has 1 amide bonds. The second-order valence-electron chi connectivity index (χ2n) is 6.26. The van der Waals surface area contributed by atoms with E-state index in [4.69, 9.17) is 4.74 Å². The van der Waals surface area contributed by atoms with Crippen LogP contribution in [-0.4, -0.2) is 24.7 Å². The van der Waals surface area contributed by atoms with Gasteiger partial charge in [-0.15, -0.1) is 0 Å². The molecule has 3 atom stereocenters. The summed E-state index contributed by atoms with van der Waals surface area (Å²) in [6, 6.07) is 7.72. The van der Waals surface area contributed by atoms with E-state index in [2.05, 4.69) is 12.2 Å². The largest absolute Gasteiger partial charge is 0.370 e. The van der Waals surface area contributed by atoms with Crippen LogP contribution in [0.5, 0.6) is 0 Å². The molecule has 1 aliphatic carbocycles. The number of nitrogens with one attached hydrogen (secondary N) is 1. The molecule has 1 aromatic rings. The average molecular weight is 259 g/mol. The number of carbonyl (C=O) groups excluding carboxylic acids is 1. The van der Waals surface area contributed by atoms with E-state index >= 15 is 0 Å². The predicted molar refractivity (Wildman–Crippen MR) is 74.1 cm³/mol. The van der Waals surface area contributed by atoms with Gasteiger partial charge in [0.2, 0.25) is 0 Å². The summed E-state index contributed by atoms with van der Waals surface area (Å²) < 4.78 is 5.57. The first-order valence-corrected chi connectivity index (χ1v) is 7.07. The van der Waals surface area contributed by atoms with E-state index in [1.165, 1.54) is 0 Å². The highest BCUT2D eigenvalue weighted by Crippen LogP contribution is 2.45. The van der Waals surface area contributed by atoms with Gasteiger partial charge in [-0.1, -0.05) is 25.1 Å². The van der Waals surface area contributed by atoms with E-state index in [1.54, 1.807) is 0 Å². The van der Waals surface area contributed by atoms with Crippen molar-refractivity contribution in [1.29, 1.82) is 0 Å². The second kappa shape index (κ2) is 4.64. The molecule has 2 fully saturated rings. The van der Waals surface area contributed by atoms with E-state index in [0.717, 1.165) is 36.9 Å². The molecule has 0 bridgehead atoms. The van der Waals surface area contributed by atoms with Crippen molar-refractivity contribution in [2.45, 2.75) is 45.3 Å². The molecule has 3 heteroatoms. The predicted octanol–water partition coefficient (Wildman–Crippen LogP) is 2.68. The Morgan fingerprint density at radius 3 is 2.95 bits per heavy atom. The zero-order chi connectivity index (χ0) is 13.5. The molecule has 102 valence electrons. The van der Waals surface area contributed by atoms with Crippen LogP contribution in [0.15, 0.2) is 24.3 Å². The highest BCUT2D eigenvalue weighted by Gasteiger charge is 2.48. The summed E-state index contributed by atoms with van der Waals surface area (Å²) in [6.45, 7) is 4.97. The van der Waals surface area contributed by atoms with Crippen molar-refractivity contribution in [2.75, 3.05) is 6.54 Å². The number of rotatable bonds is 3. The van der Waals surface area contributed by atoms with Gasteiger partial charge in [0.1, 0.15) is 0 Å². The van der Waals surface area contributed by atoms with Gasteiger partial charge in [0.15, 0.2) is 0 Å². The van der Waals surface area contributed by atoms with Gasteiger partial charge in [-0.2, -0.15) is 0 Å². The first kappa shape index (κ1) is 12.7. The fourth-order valence-corrected chi connectivity index (χ4v) is 3.07. The Labute approximate surface area is 114 Å². The lowest BCUT2D eigenvalue weighted by molar-refractivity contribution is 0.0922. The number of amides is 1. The van der Waals surface area contributed by atoms with Crippen molar-refractivity contribution in [3.05, 3.63) is 35.4 Å². The molecule has 2 aliphatic rings. The van der Waals surface area contributed by atoms with E-state index in [9.17, 15) is 4.79 Å². The Morgan fingerprint density at radius 2 is 2.21 bits per heavy atom. The summed E-state index contributed by atoms with van der Waals surface area (Å²) in [5.74, 6) is 0.0400. The maximum absolute atomic E-state index is 12.2. The average Bonchev–Trinajstić information content (AvgIpc) is 3.15. The van der Waals surface area contributed by atoms with Gasteiger partial charge in [-0.25, -0.2) is 0 Å². The molecule has 0 aromatic heterocycles. The fourth-order valence-electron chi connectivity index (χ4n) is 3.07. The lowest BCUT2D eigenvalue weighted by atomic mass is 9.75. The summed E-state index contributed by atoms with van der Waals surface area (Å²) in [5, 5.41) is 3.09. The molecule has 1 saturated heterocycles. The van der Waals surface area contributed by atoms with E-state index < -0.39 is 0 Å². The number of ether oxygens (including phenoxy) is 1. The summed E-state index contributed by atoms with van der Waals surface area (Å²) in [7, 11) is 0. The van der Waals surface area contributed by atoms with Crippen LogP contribution in [0.3, 0.4) is 0 Å². The van der Waals surface area contributed by atoms with Crippen molar-refractivity contribution >= 4 is 5.91 Å². The molecule has 1 aromatic carbocycles. The van der Waals surface area contributed by atoms with E-state index in [-0.39, 0.29) is 11.3 Å². The molecular weight excluding hydrogens is 238 g/mol. The number of fused-ring (bicyclic) bond motifs is 1. The monoisotopic (exact) mass is 259 g/mol. The van der Waals surface area contributed by atoms with Crippen LogP contribution in [0.25, 0.3) is 0 Å². The topological polar surface area (TPSA) is 41.6 Å². The highest BCUT2D eigenvalue weighted by molar-refractivity contribution is 5.95. The minimum Gasteiger partial charge on any atom is -0.370 e. The van der Waals surface area contributed by atoms with Gasteiger partial charge in [0.25, 0.3) is 5.91 Å². The Kier molecular flexibility index (Phi) is 3.09. The summed E-state index contributed by atoms with van der Waals surface area (Å²) in [4.78, 5) is 12.2. The molecule has 3 rings (SSSR count). The third-order valence-electron chi connectivity index (χ3n) is 4.48. The van der Waals surface area contributed by atoms with Gasteiger partial charge < -0.3 is 10.1 Å². The van der Waals surface area contributed by atoms with Gasteiger partial charge in [-0.05, 0) is 43.2 Å². The zero-order valence-corrected chi connectivity index (χ0v) is 11.6. The van der Waals surface area contributed by atoms with Crippen LogP contribution in [0.4, 0.5) is 0 Å². The fraction of sp³-hybridized carbons (Fsp3) is 0.562. The number of hydrogen-bond acceptors (Lipinski definition) is 2. The van der Waals surface area contributed by atoms with Gasteiger partial charge in [-0.3, -0.25) is 4.79 Å². The minimum absolute atomic E-state index is 0.0400. The first-order chi connectivity index (χ1) is 9.07. The van der Waals surface area contributed by atoms with Gasteiger partial charge in [0, 0.05) is 12.1 Å². The standard InChI is InChI=1S/C16H21NO2/c1-11-5-3-4-6-12(11)15(18)17-10-16(2)8-7-13-14(9-16)19-13/h3-6,13-14H,7-10H2,1-2H3,(H,17,18). The summed E-state index contributed by atoms with van der Waals surface area (Å²) in [5.41, 5.74) is 2.00. The normalized spacial score (nSPS) is 32.5. The molecular formula is C16H21NO2. The maximum atomic E-state index is 12.2. The zero-order valence-electron chi connectivity index (χ0n) is 11.6. The summed E-state index contributed by atoms with van der Waals surface area (Å²) >= 11 is 0. The third kappa shape index (κ3) is 2.66. The molecule has 3 unspecified atom stereocenters. The van der Waals surface area contributed by atoms with E-state index in [0.29, 0.717) is 12.2 Å². The van der Waals surface area contributed by atoms with Crippen LogP contribution >= 0.6 is 0 Å². The van der Waals surface area contributed by atoms with Crippen LogP contribution in [0.2, 0.25) is 0 Å². The molecule has 1 aliphatic heterocycles. The molecule has 1 N–H and O–H groups in total. The van der Waals surface area contributed by atoms with E-state index in [1.807, 2.05) is 31.2 Å². The highest BCUT2D eigenvalue weighted by atomic mass is 16.6. The number of epoxide rings is 1. The SMILES string of the molecule is Cc1ccccc1C(=O)NCC1(C)CCC2OC2C1. The molecule has 0 radical (unpaired) electrons. The maximum Gasteiger partial charge on any atom is 0.251 e. The third-order valence-corrected chi connectivity index (χ3v) is 4.48. The number of hydrogen-bond donors (Lipinski definition) is 1. The van der Waals surface area contributed by atoms with Crippen LogP contribution in [0.1, 0.15) is 42.1 Å². The number of aryl methyl sites for hydroxylation is 1. The van der Waals surface area contributed by atoms with Crippen LogP contribution in [0, 0.1) is 12.3 Å². The Hall–Kier alpha value is -1.35. The Morgan fingerprint density at radius 1 is 1.42 bits per heavy atom.